The molecule has 1 aromatic rings. The second-order valence-electron chi connectivity index (χ2n) is 5.01. The Hall–Kier alpha value is -0.730. The number of rotatable bonds is 1. The van der Waals surface area contributed by atoms with E-state index in [1.807, 2.05) is 19.2 Å². The van der Waals surface area contributed by atoms with Crippen molar-refractivity contribution in [1.29, 1.82) is 0 Å². The Morgan fingerprint density at radius 1 is 1.44 bits per heavy atom. The summed E-state index contributed by atoms with van der Waals surface area (Å²) < 4.78 is 5.99. The van der Waals surface area contributed by atoms with Crippen LogP contribution in [-0.2, 0) is 0 Å². The third-order valence-electron chi connectivity index (χ3n) is 3.14. The molecule has 1 unspecified atom stereocenters. The molecule has 0 fully saturated rings. The first-order valence-corrected chi connectivity index (χ1v) is 5.98. The molecule has 0 saturated carbocycles. The third-order valence-corrected chi connectivity index (χ3v) is 3.43. The summed E-state index contributed by atoms with van der Waals surface area (Å²) in [6, 6.07) is 4.27. The van der Waals surface area contributed by atoms with Crippen molar-refractivity contribution in [2.75, 3.05) is 7.05 Å². The van der Waals surface area contributed by atoms with Crippen LogP contribution < -0.4 is 10.1 Å². The Morgan fingerprint density at radius 3 is 2.75 bits per heavy atom. The summed E-state index contributed by atoms with van der Waals surface area (Å²) >= 11 is 6.21. The van der Waals surface area contributed by atoms with E-state index in [2.05, 4.69) is 26.1 Å². The van der Waals surface area contributed by atoms with E-state index in [9.17, 15) is 0 Å². The van der Waals surface area contributed by atoms with E-state index < -0.39 is 0 Å². The fourth-order valence-electron chi connectivity index (χ4n) is 2.37. The Bertz CT molecular complexity index is 415. The summed E-state index contributed by atoms with van der Waals surface area (Å²) in [6.07, 6.45) is 0.956. The maximum absolute atomic E-state index is 6.21. The van der Waals surface area contributed by atoms with Crippen molar-refractivity contribution in [2.24, 2.45) is 0 Å². The average molecular weight is 240 g/mol. The molecule has 0 aromatic heterocycles. The molecule has 1 aliphatic heterocycles. The minimum Gasteiger partial charge on any atom is -0.486 e. The van der Waals surface area contributed by atoms with Crippen molar-refractivity contribution in [3.63, 3.8) is 0 Å². The van der Waals surface area contributed by atoms with Crippen molar-refractivity contribution in [3.8, 4) is 5.75 Å². The van der Waals surface area contributed by atoms with Crippen LogP contribution in [0, 0.1) is 6.92 Å². The molecule has 0 spiro atoms. The zero-order chi connectivity index (χ0) is 11.9. The molecule has 2 rings (SSSR count). The molecular weight excluding hydrogens is 222 g/mol. The summed E-state index contributed by atoms with van der Waals surface area (Å²) in [5.41, 5.74) is 2.27. The second kappa shape index (κ2) is 3.94. The van der Waals surface area contributed by atoms with Crippen molar-refractivity contribution >= 4 is 11.6 Å². The Balaban J connectivity index is 2.58. The largest absolute Gasteiger partial charge is 0.486 e. The molecule has 0 radical (unpaired) electrons. The number of aryl methyl sites for hydroxylation is 1. The van der Waals surface area contributed by atoms with Gasteiger partial charge in [-0.15, -0.1) is 0 Å². The first-order chi connectivity index (χ1) is 7.44. The highest BCUT2D eigenvalue weighted by atomic mass is 35.5. The lowest BCUT2D eigenvalue weighted by Crippen LogP contribution is -2.39. The summed E-state index contributed by atoms with van der Waals surface area (Å²) in [4.78, 5) is 0. The average Bonchev–Trinajstić information content (AvgIpc) is 2.21. The minimum atomic E-state index is -0.169. The molecule has 1 heterocycles. The molecule has 1 aliphatic rings. The van der Waals surface area contributed by atoms with E-state index in [0.717, 1.165) is 12.2 Å². The number of ether oxygens (including phenoxy) is 1. The van der Waals surface area contributed by atoms with E-state index in [1.54, 1.807) is 0 Å². The van der Waals surface area contributed by atoms with Gasteiger partial charge in [-0.2, -0.15) is 0 Å². The monoisotopic (exact) mass is 239 g/mol. The van der Waals surface area contributed by atoms with Crippen LogP contribution in [0.15, 0.2) is 12.1 Å². The fraction of sp³-hybridized carbons (Fsp3) is 0.538. The van der Waals surface area contributed by atoms with Crippen molar-refractivity contribution in [1.82, 2.24) is 5.32 Å². The van der Waals surface area contributed by atoms with Gasteiger partial charge in [0.2, 0.25) is 0 Å². The topological polar surface area (TPSA) is 21.3 Å². The molecule has 3 heteroatoms. The Morgan fingerprint density at radius 2 is 2.12 bits per heavy atom. The number of fused-ring (bicyclic) bond motifs is 1. The van der Waals surface area contributed by atoms with E-state index in [0.29, 0.717) is 11.1 Å². The first-order valence-electron chi connectivity index (χ1n) is 5.60. The zero-order valence-electron chi connectivity index (χ0n) is 10.2. The molecule has 16 heavy (non-hydrogen) atoms. The number of benzene rings is 1. The maximum Gasteiger partial charge on any atom is 0.143 e. The first kappa shape index (κ1) is 11.7. The van der Waals surface area contributed by atoms with Gasteiger partial charge in [-0.05, 0) is 39.4 Å². The summed E-state index contributed by atoms with van der Waals surface area (Å²) in [5, 5.41) is 4.05. The van der Waals surface area contributed by atoms with Gasteiger partial charge in [0, 0.05) is 18.0 Å². The number of hydrogen-bond acceptors (Lipinski definition) is 2. The van der Waals surface area contributed by atoms with Crippen LogP contribution in [0.25, 0.3) is 0 Å². The fourth-order valence-corrected chi connectivity index (χ4v) is 2.57. The third kappa shape index (κ3) is 1.92. The lowest BCUT2D eigenvalue weighted by Gasteiger charge is -2.38. The van der Waals surface area contributed by atoms with Gasteiger partial charge in [0.1, 0.15) is 11.4 Å². The van der Waals surface area contributed by atoms with E-state index in [1.165, 1.54) is 11.1 Å². The van der Waals surface area contributed by atoms with E-state index in [4.69, 9.17) is 16.3 Å². The molecule has 0 amide bonds. The predicted molar refractivity (Wildman–Crippen MR) is 67.3 cm³/mol. The summed E-state index contributed by atoms with van der Waals surface area (Å²) in [7, 11) is 1.98. The second-order valence-corrected chi connectivity index (χ2v) is 5.42. The highest BCUT2D eigenvalue weighted by Gasteiger charge is 2.35. The van der Waals surface area contributed by atoms with Crippen LogP contribution in [0.1, 0.15) is 37.4 Å². The van der Waals surface area contributed by atoms with Crippen molar-refractivity contribution in [2.45, 2.75) is 38.8 Å². The number of hydrogen-bond donors (Lipinski definition) is 1. The zero-order valence-corrected chi connectivity index (χ0v) is 11.0. The molecule has 0 aliphatic carbocycles. The minimum absolute atomic E-state index is 0.169. The van der Waals surface area contributed by atoms with Crippen LogP contribution >= 0.6 is 11.6 Å². The van der Waals surface area contributed by atoms with Crippen LogP contribution in [0.3, 0.4) is 0 Å². The highest BCUT2D eigenvalue weighted by Crippen LogP contribution is 2.44. The molecule has 2 nitrogen and oxygen atoms in total. The van der Waals surface area contributed by atoms with Gasteiger partial charge in [-0.25, -0.2) is 0 Å². The molecule has 1 aromatic carbocycles. The predicted octanol–water partition coefficient (Wildman–Crippen LogP) is 3.47. The van der Waals surface area contributed by atoms with Crippen LogP contribution in [0.4, 0.5) is 0 Å². The lowest BCUT2D eigenvalue weighted by atomic mass is 9.87. The van der Waals surface area contributed by atoms with Gasteiger partial charge in [0.25, 0.3) is 0 Å². The van der Waals surface area contributed by atoms with Gasteiger partial charge < -0.3 is 10.1 Å². The van der Waals surface area contributed by atoms with Gasteiger partial charge in [0.15, 0.2) is 0 Å². The highest BCUT2D eigenvalue weighted by molar-refractivity contribution is 6.32. The van der Waals surface area contributed by atoms with Crippen LogP contribution in [0.2, 0.25) is 5.02 Å². The Kier molecular flexibility index (Phi) is 2.89. The maximum atomic E-state index is 6.21. The van der Waals surface area contributed by atoms with Gasteiger partial charge >= 0.3 is 0 Å². The quantitative estimate of drug-likeness (QED) is 0.810. The van der Waals surface area contributed by atoms with E-state index in [-0.39, 0.29) is 5.60 Å². The Labute approximate surface area is 102 Å². The molecule has 0 bridgehead atoms. The SMILES string of the molecule is CNC1CC(C)(C)Oc2c(Cl)ccc(C)c21. The van der Waals surface area contributed by atoms with E-state index >= 15 is 0 Å². The normalized spacial score (nSPS) is 22.4. The lowest BCUT2D eigenvalue weighted by molar-refractivity contribution is 0.0674. The smallest absolute Gasteiger partial charge is 0.143 e. The summed E-state index contributed by atoms with van der Waals surface area (Å²) in [6.45, 7) is 6.29. The van der Waals surface area contributed by atoms with Crippen molar-refractivity contribution in [3.05, 3.63) is 28.3 Å². The van der Waals surface area contributed by atoms with Crippen LogP contribution in [-0.4, -0.2) is 12.6 Å². The summed E-state index contributed by atoms with van der Waals surface area (Å²) in [5.74, 6) is 0.845. The van der Waals surface area contributed by atoms with Crippen molar-refractivity contribution < 1.29 is 4.74 Å². The molecule has 1 atom stereocenters. The molecule has 1 N–H and O–H groups in total. The van der Waals surface area contributed by atoms with Crippen LogP contribution in [0.5, 0.6) is 5.75 Å². The van der Waals surface area contributed by atoms with Gasteiger partial charge in [-0.1, -0.05) is 17.7 Å². The molecular formula is C13H18ClNO. The standard InChI is InChI=1S/C13H18ClNO/c1-8-5-6-9(14)12-11(8)10(15-4)7-13(2,3)16-12/h5-6,10,15H,7H2,1-4H3. The van der Waals surface area contributed by atoms with Gasteiger partial charge in [-0.3, -0.25) is 0 Å². The van der Waals surface area contributed by atoms with Gasteiger partial charge in [0.05, 0.1) is 5.02 Å². The number of nitrogens with one attached hydrogen (secondary N) is 1. The molecule has 0 saturated heterocycles. The molecule has 88 valence electrons. The number of halogens is 1.